The molecular weight excluding hydrogens is 353 g/mol. The van der Waals surface area contributed by atoms with Gasteiger partial charge in [-0.3, -0.25) is 19.3 Å². The number of rotatable bonds is 6. The zero-order valence-corrected chi connectivity index (χ0v) is 14.1. The first-order valence-corrected chi connectivity index (χ1v) is 7.99. The van der Waals surface area contributed by atoms with Crippen molar-refractivity contribution >= 4 is 23.6 Å². The molecule has 0 aliphatic carbocycles. The fraction of sp³-hybridized carbons (Fsp3) is 0.100. The molecule has 6 nitrogen and oxygen atoms in total. The monoisotopic (exact) mass is 367 g/mol. The van der Waals surface area contributed by atoms with Crippen LogP contribution in [0.1, 0.15) is 41.4 Å². The second-order valence-electron chi connectivity index (χ2n) is 5.78. The molecule has 27 heavy (non-hydrogen) atoms. The number of amides is 2. The minimum absolute atomic E-state index is 0.0438. The van der Waals surface area contributed by atoms with Crippen molar-refractivity contribution < 1.29 is 28.3 Å². The van der Waals surface area contributed by atoms with Gasteiger partial charge in [0.05, 0.1) is 16.7 Å². The summed E-state index contributed by atoms with van der Waals surface area (Å²) in [5.41, 5.74) is 0.545. The lowest BCUT2D eigenvalue weighted by Crippen LogP contribution is -2.29. The minimum atomic E-state index is -0.810. The number of nitrogens with zero attached hydrogens (tertiary/aromatic N) is 1. The van der Waals surface area contributed by atoms with Crippen LogP contribution in [0.2, 0.25) is 0 Å². The minimum Gasteiger partial charge on any atom is -0.454 e. The number of Topliss-reactive ketones (excluding diaryl/α,β-unsaturated/α-hetero) is 1. The Morgan fingerprint density at radius 2 is 1.63 bits per heavy atom. The van der Waals surface area contributed by atoms with Gasteiger partial charge in [-0.05, 0) is 42.5 Å². The highest BCUT2D eigenvalue weighted by Crippen LogP contribution is 2.24. The average Bonchev–Trinajstić information content (AvgIpc) is 2.91. The SMILES string of the molecule is C=CCN1C(=O)c2ccc(C(=O)OCC(=O)c3ccc(F)cc3)cc2C1=O. The Hall–Kier alpha value is -3.61. The van der Waals surface area contributed by atoms with Gasteiger partial charge in [0.2, 0.25) is 0 Å². The number of hydrogen-bond donors (Lipinski definition) is 0. The molecule has 2 aromatic carbocycles. The van der Waals surface area contributed by atoms with Gasteiger partial charge in [0.25, 0.3) is 11.8 Å². The summed E-state index contributed by atoms with van der Waals surface area (Å²) in [6.07, 6.45) is 1.43. The van der Waals surface area contributed by atoms with Crippen molar-refractivity contribution in [1.29, 1.82) is 0 Å². The smallest absolute Gasteiger partial charge is 0.338 e. The van der Waals surface area contributed by atoms with E-state index < -0.39 is 36.0 Å². The van der Waals surface area contributed by atoms with Gasteiger partial charge in [0.1, 0.15) is 5.82 Å². The Morgan fingerprint density at radius 1 is 1.00 bits per heavy atom. The summed E-state index contributed by atoms with van der Waals surface area (Å²) in [6.45, 7) is 3.04. The molecule has 2 aromatic rings. The van der Waals surface area contributed by atoms with E-state index in [-0.39, 0.29) is 28.8 Å². The Morgan fingerprint density at radius 3 is 2.30 bits per heavy atom. The van der Waals surface area contributed by atoms with Crippen molar-refractivity contribution in [1.82, 2.24) is 4.90 Å². The quantitative estimate of drug-likeness (QED) is 0.339. The van der Waals surface area contributed by atoms with Gasteiger partial charge in [-0.1, -0.05) is 6.08 Å². The van der Waals surface area contributed by atoms with Gasteiger partial charge in [-0.25, -0.2) is 9.18 Å². The van der Waals surface area contributed by atoms with E-state index in [1.54, 1.807) is 0 Å². The van der Waals surface area contributed by atoms with E-state index in [0.717, 1.165) is 17.0 Å². The topological polar surface area (TPSA) is 80.8 Å². The molecule has 0 saturated carbocycles. The second kappa shape index (κ2) is 7.33. The van der Waals surface area contributed by atoms with E-state index in [0.29, 0.717) is 0 Å². The van der Waals surface area contributed by atoms with Gasteiger partial charge in [-0.15, -0.1) is 6.58 Å². The van der Waals surface area contributed by atoms with E-state index in [9.17, 15) is 23.6 Å². The molecule has 1 aliphatic rings. The predicted octanol–water partition coefficient (Wildman–Crippen LogP) is 2.65. The molecule has 0 spiro atoms. The molecule has 0 bridgehead atoms. The molecule has 0 radical (unpaired) electrons. The van der Waals surface area contributed by atoms with Crippen LogP contribution in [0.15, 0.2) is 55.1 Å². The predicted molar refractivity (Wildman–Crippen MR) is 93.0 cm³/mol. The number of carbonyl (C=O) groups is 4. The highest BCUT2D eigenvalue weighted by molar-refractivity contribution is 6.22. The lowest BCUT2D eigenvalue weighted by atomic mass is 10.1. The normalized spacial score (nSPS) is 12.7. The van der Waals surface area contributed by atoms with Crippen LogP contribution in [0.4, 0.5) is 4.39 Å². The summed E-state index contributed by atoms with van der Waals surface area (Å²) >= 11 is 0. The number of fused-ring (bicyclic) bond motifs is 1. The molecular formula is C20H14FNO5. The number of ether oxygens (including phenoxy) is 1. The lowest BCUT2D eigenvalue weighted by Gasteiger charge is -2.09. The van der Waals surface area contributed by atoms with Crippen LogP contribution in [0.5, 0.6) is 0 Å². The molecule has 2 amide bonds. The van der Waals surface area contributed by atoms with Crippen molar-refractivity contribution in [3.8, 4) is 0 Å². The molecule has 1 aliphatic heterocycles. The summed E-state index contributed by atoms with van der Waals surface area (Å²) in [5.74, 6) is -2.76. The third kappa shape index (κ3) is 3.52. The Labute approximate surface area is 153 Å². The van der Waals surface area contributed by atoms with E-state index in [1.807, 2.05) is 0 Å². The third-order valence-electron chi connectivity index (χ3n) is 4.02. The molecule has 0 aromatic heterocycles. The number of halogens is 1. The molecule has 0 fully saturated rings. The first-order valence-electron chi connectivity index (χ1n) is 7.99. The number of ketones is 1. The summed E-state index contributed by atoms with van der Waals surface area (Å²) in [4.78, 5) is 49.6. The maximum atomic E-state index is 12.9. The fourth-order valence-electron chi connectivity index (χ4n) is 2.65. The Kier molecular flexibility index (Phi) is 4.94. The van der Waals surface area contributed by atoms with Gasteiger partial charge in [0, 0.05) is 12.1 Å². The van der Waals surface area contributed by atoms with Gasteiger partial charge < -0.3 is 4.74 Å². The molecule has 3 rings (SSSR count). The van der Waals surface area contributed by atoms with E-state index in [2.05, 4.69) is 6.58 Å². The number of esters is 1. The highest BCUT2D eigenvalue weighted by Gasteiger charge is 2.35. The molecule has 0 N–H and O–H groups in total. The number of imide groups is 1. The van der Waals surface area contributed by atoms with Crippen LogP contribution >= 0.6 is 0 Å². The first kappa shape index (κ1) is 18.2. The zero-order valence-electron chi connectivity index (χ0n) is 14.1. The Balaban J connectivity index is 1.71. The number of hydrogen-bond acceptors (Lipinski definition) is 5. The number of carbonyl (C=O) groups excluding carboxylic acids is 4. The first-order chi connectivity index (χ1) is 12.9. The lowest BCUT2D eigenvalue weighted by molar-refractivity contribution is 0.0474. The van der Waals surface area contributed by atoms with E-state index in [1.165, 1.54) is 36.4 Å². The molecule has 7 heteroatoms. The summed E-state index contributed by atoms with van der Waals surface area (Å²) in [6, 6.07) is 8.84. The van der Waals surface area contributed by atoms with Gasteiger partial charge in [-0.2, -0.15) is 0 Å². The molecule has 1 heterocycles. The van der Waals surface area contributed by atoms with Gasteiger partial charge in [0.15, 0.2) is 12.4 Å². The van der Waals surface area contributed by atoms with Crippen LogP contribution in [0.3, 0.4) is 0 Å². The van der Waals surface area contributed by atoms with Crippen molar-refractivity contribution in [2.45, 2.75) is 0 Å². The standard InChI is InChI=1S/C20H14FNO5/c1-2-9-22-18(24)15-8-5-13(10-16(15)19(22)25)20(26)27-11-17(23)12-3-6-14(21)7-4-12/h2-8,10H,1,9,11H2. The largest absolute Gasteiger partial charge is 0.454 e. The second-order valence-corrected chi connectivity index (χ2v) is 5.78. The van der Waals surface area contributed by atoms with Crippen molar-refractivity contribution in [2.75, 3.05) is 13.2 Å². The maximum absolute atomic E-state index is 12.9. The maximum Gasteiger partial charge on any atom is 0.338 e. The molecule has 0 saturated heterocycles. The van der Waals surface area contributed by atoms with Crippen LogP contribution in [-0.4, -0.2) is 41.6 Å². The summed E-state index contributed by atoms with van der Waals surface area (Å²) in [5, 5.41) is 0. The molecule has 0 unspecified atom stereocenters. The van der Waals surface area contributed by atoms with Crippen molar-refractivity contribution in [2.24, 2.45) is 0 Å². The van der Waals surface area contributed by atoms with Crippen LogP contribution in [0, 0.1) is 5.82 Å². The highest BCUT2D eigenvalue weighted by atomic mass is 19.1. The molecule has 0 atom stereocenters. The third-order valence-corrected chi connectivity index (χ3v) is 4.02. The van der Waals surface area contributed by atoms with Crippen LogP contribution in [0.25, 0.3) is 0 Å². The van der Waals surface area contributed by atoms with E-state index in [4.69, 9.17) is 4.74 Å². The Bertz CT molecular complexity index is 965. The van der Waals surface area contributed by atoms with Gasteiger partial charge >= 0.3 is 5.97 Å². The van der Waals surface area contributed by atoms with Crippen LogP contribution in [-0.2, 0) is 4.74 Å². The number of benzene rings is 2. The summed E-state index contributed by atoms with van der Waals surface area (Å²) < 4.78 is 17.8. The van der Waals surface area contributed by atoms with Crippen molar-refractivity contribution in [3.63, 3.8) is 0 Å². The van der Waals surface area contributed by atoms with Crippen molar-refractivity contribution in [3.05, 3.63) is 83.2 Å². The fourth-order valence-corrected chi connectivity index (χ4v) is 2.65. The molecule has 136 valence electrons. The summed E-state index contributed by atoms with van der Waals surface area (Å²) in [7, 11) is 0. The van der Waals surface area contributed by atoms with Crippen LogP contribution < -0.4 is 0 Å². The zero-order chi connectivity index (χ0) is 19.6. The average molecular weight is 367 g/mol. The van der Waals surface area contributed by atoms with E-state index >= 15 is 0 Å².